The molecule has 9 atom stereocenters. The van der Waals surface area contributed by atoms with E-state index < -0.39 is 17.5 Å². The number of likely N-dealkylation sites (tertiary alicyclic amines) is 1. The summed E-state index contributed by atoms with van der Waals surface area (Å²) in [5.74, 6) is 1.04. The predicted molar refractivity (Wildman–Crippen MR) is 222 cm³/mol. The third kappa shape index (κ3) is 6.28. The van der Waals surface area contributed by atoms with Crippen molar-refractivity contribution in [2.75, 3.05) is 26.2 Å². The van der Waals surface area contributed by atoms with E-state index in [0.29, 0.717) is 50.1 Å². The fraction of sp³-hybridized carbons (Fsp3) is 0.796. The summed E-state index contributed by atoms with van der Waals surface area (Å²) in [6, 6.07) is 0. The number of amides is 2. The summed E-state index contributed by atoms with van der Waals surface area (Å²) < 4.78 is 0. The molecule has 1 heterocycles. The molecule has 0 radical (unpaired) electrons. The monoisotopic (exact) mass is 785 g/mol. The lowest BCUT2D eigenvalue weighted by atomic mass is 9.32. The minimum Gasteiger partial charge on any atom is -0.481 e. The van der Waals surface area contributed by atoms with Crippen molar-refractivity contribution in [3.05, 3.63) is 34.4 Å². The van der Waals surface area contributed by atoms with Crippen LogP contribution in [0.2, 0.25) is 0 Å². The van der Waals surface area contributed by atoms with Gasteiger partial charge in [0.2, 0.25) is 11.8 Å². The summed E-state index contributed by atoms with van der Waals surface area (Å²) in [5.41, 5.74) is 4.62. The lowest BCUT2D eigenvalue weighted by Crippen LogP contribution is -2.65. The highest BCUT2D eigenvalue weighted by Gasteiger charge is 2.71. The molecule has 0 aromatic heterocycles. The first-order chi connectivity index (χ1) is 26.9. The molecule has 1 aliphatic heterocycles. The van der Waals surface area contributed by atoms with Gasteiger partial charge in [0.05, 0.1) is 18.6 Å². The van der Waals surface area contributed by atoms with Gasteiger partial charge < -0.3 is 20.0 Å². The molecule has 1 saturated heterocycles. The number of Topliss-reactive ketones (excluding diaryl/α,β-unsaturated/α-hetero) is 1. The van der Waals surface area contributed by atoms with Gasteiger partial charge in [0.1, 0.15) is 0 Å². The number of allylic oxidation sites excluding steroid dienone is 5. The predicted octanol–water partition coefficient (Wildman–Crippen LogP) is 8.93. The van der Waals surface area contributed by atoms with Crippen LogP contribution in [0.1, 0.15) is 151 Å². The molecule has 314 valence electrons. The van der Waals surface area contributed by atoms with Crippen LogP contribution in [0.4, 0.5) is 0 Å². The van der Waals surface area contributed by atoms with Crippen LogP contribution in [-0.4, -0.2) is 75.9 Å². The van der Waals surface area contributed by atoms with Crippen LogP contribution < -0.4 is 0 Å². The zero-order chi connectivity index (χ0) is 40.9. The number of carboxylic acid groups (broad SMARTS) is 1. The number of aliphatic hydroxyl groups is 1. The molecule has 0 aromatic rings. The van der Waals surface area contributed by atoms with Crippen molar-refractivity contribution in [3.8, 4) is 0 Å². The zero-order valence-corrected chi connectivity index (χ0v) is 36.3. The Labute approximate surface area is 342 Å². The number of hydrogen-bond donors (Lipinski definition) is 2. The first-order valence-electron chi connectivity index (χ1n) is 23.1. The van der Waals surface area contributed by atoms with Crippen LogP contribution in [-0.2, 0) is 19.2 Å². The minimum absolute atomic E-state index is 0.00463. The van der Waals surface area contributed by atoms with Gasteiger partial charge in [-0.1, -0.05) is 66.2 Å². The summed E-state index contributed by atoms with van der Waals surface area (Å²) >= 11 is 0. The molecule has 0 spiro atoms. The maximum Gasteiger partial charge on any atom is 0.306 e. The number of ketones is 1. The van der Waals surface area contributed by atoms with E-state index in [2.05, 4.69) is 60.6 Å². The number of carboxylic acids is 1. The first-order valence-corrected chi connectivity index (χ1v) is 23.1. The number of carbonyl (C=O) groups is 4. The molecule has 8 heteroatoms. The molecule has 0 bridgehead atoms. The summed E-state index contributed by atoms with van der Waals surface area (Å²) in [4.78, 5) is 56.1. The third-order valence-electron chi connectivity index (χ3n) is 18.5. The SMILES string of the molecule is CC[C@@]12CC[C@@]3([C@@H](O)CN(CC4CC4)C(=O)CN4CCCC4=O)CC(=O)C(C(C)C)=C3[C@H]1CC[C@@H]1[C@@]3(C)CC=C(C4=CCC(C(=O)O)CC4)C(C)(C)[C@@H]3CC[C@]12C. The number of carbonyl (C=O) groups excluding carboxylic acids is 3. The Morgan fingerprint density at radius 2 is 1.70 bits per heavy atom. The average molecular weight is 785 g/mol. The van der Waals surface area contributed by atoms with E-state index in [0.717, 1.165) is 89.0 Å². The Morgan fingerprint density at radius 3 is 2.32 bits per heavy atom. The Kier molecular flexibility index (Phi) is 10.4. The van der Waals surface area contributed by atoms with Crippen molar-refractivity contribution in [1.29, 1.82) is 0 Å². The molecule has 57 heavy (non-hydrogen) atoms. The van der Waals surface area contributed by atoms with Gasteiger partial charge in [0, 0.05) is 37.9 Å². The lowest BCUT2D eigenvalue weighted by Gasteiger charge is -2.72. The van der Waals surface area contributed by atoms with Gasteiger partial charge in [-0.3, -0.25) is 19.2 Å². The largest absolute Gasteiger partial charge is 0.481 e. The number of nitrogens with zero attached hydrogens (tertiary/aromatic N) is 2. The Balaban J connectivity index is 1.11. The van der Waals surface area contributed by atoms with Gasteiger partial charge in [-0.25, -0.2) is 0 Å². The molecule has 0 aromatic carbocycles. The number of fused-ring (bicyclic) bond motifs is 7. The van der Waals surface area contributed by atoms with Gasteiger partial charge in [0.15, 0.2) is 5.78 Å². The van der Waals surface area contributed by atoms with Gasteiger partial charge in [-0.05, 0) is 158 Å². The van der Waals surface area contributed by atoms with E-state index in [1.54, 1.807) is 4.90 Å². The highest BCUT2D eigenvalue weighted by Crippen LogP contribution is 2.78. The highest BCUT2D eigenvalue weighted by atomic mass is 16.4. The maximum atomic E-state index is 14.4. The molecule has 2 N–H and O–H groups in total. The van der Waals surface area contributed by atoms with E-state index >= 15 is 0 Å². The first kappa shape index (κ1) is 41.0. The van der Waals surface area contributed by atoms with E-state index in [-0.39, 0.29) is 70.1 Å². The van der Waals surface area contributed by atoms with E-state index in [4.69, 9.17) is 0 Å². The van der Waals surface area contributed by atoms with Crippen LogP contribution >= 0.6 is 0 Å². The number of aliphatic hydroxyl groups excluding tert-OH is 1. The van der Waals surface area contributed by atoms with Crippen LogP contribution in [0.5, 0.6) is 0 Å². The Hall–Kier alpha value is -2.74. The number of hydrogen-bond acceptors (Lipinski definition) is 5. The van der Waals surface area contributed by atoms with Crippen molar-refractivity contribution in [3.63, 3.8) is 0 Å². The molecular weight excluding hydrogens is 713 g/mol. The van der Waals surface area contributed by atoms with E-state index in [1.165, 1.54) is 16.7 Å². The van der Waals surface area contributed by atoms with Gasteiger partial charge in [-0.2, -0.15) is 0 Å². The molecule has 5 fully saturated rings. The van der Waals surface area contributed by atoms with Crippen LogP contribution in [0, 0.1) is 62.6 Å². The van der Waals surface area contributed by atoms with Gasteiger partial charge in [0.25, 0.3) is 0 Å². The zero-order valence-electron chi connectivity index (χ0n) is 36.3. The Bertz CT molecular complexity index is 1790. The molecule has 2 amide bonds. The summed E-state index contributed by atoms with van der Waals surface area (Å²) in [6.45, 7) is 18.4. The molecule has 8 rings (SSSR count). The highest BCUT2D eigenvalue weighted by molar-refractivity contribution is 6.01. The molecule has 8 nitrogen and oxygen atoms in total. The van der Waals surface area contributed by atoms with E-state index in [1.807, 2.05) is 4.90 Å². The summed E-state index contributed by atoms with van der Waals surface area (Å²) in [5, 5.41) is 22.4. The van der Waals surface area contributed by atoms with Crippen molar-refractivity contribution in [2.24, 2.45) is 62.6 Å². The molecule has 4 saturated carbocycles. The standard InChI is InChI=1S/C49H72N2O6/c1-8-49-24-23-48(39(53)28-51(27-31-11-12-31)41(55)29-50-25-9-10-40(50)54)26-36(52)42(30(2)3)43(48)35(49)17-18-38-46(6)21-19-34(32-13-15-33(16-14-32)44(56)57)45(4,5)37(46)20-22-47(38,49)7/h13,19,30-31,33,35,37-39,53H,8-12,14-18,20-29H2,1-7H3,(H,56,57)/t33?,35-,37+,38-,39+,46+,47-,48+,49-/m1/s1. The second kappa shape index (κ2) is 14.5. The fourth-order valence-electron chi connectivity index (χ4n) is 15.6. The third-order valence-corrected chi connectivity index (χ3v) is 18.5. The normalized spacial score (nSPS) is 39.2. The smallest absolute Gasteiger partial charge is 0.306 e. The van der Waals surface area contributed by atoms with Gasteiger partial charge >= 0.3 is 5.97 Å². The van der Waals surface area contributed by atoms with Crippen molar-refractivity contribution in [2.45, 2.75) is 157 Å². The Morgan fingerprint density at radius 1 is 0.947 bits per heavy atom. The maximum absolute atomic E-state index is 14.4. The second-order valence-electron chi connectivity index (χ2n) is 21.7. The quantitative estimate of drug-likeness (QED) is 0.216. The van der Waals surface area contributed by atoms with E-state index in [9.17, 15) is 29.4 Å². The van der Waals surface area contributed by atoms with Crippen molar-refractivity contribution < 1.29 is 29.4 Å². The lowest BCUT2D eigenvalue weighted by molar-refractivity contribution is -0.210. The molecular formula is C49H72N2O6. The number of aliphatic carboxylic acids is 1. The van der Waals surface area contributed by atoms with Crippen LogP contribution in [0.3, 0.4) is 0 Å². The van der Waals surface area contributed by atoms with Crippen molar-refractivity contribution in [1.82, 2.24) is 9.80 Å². The van der Waals surface area contributed by atoms with Crippen LogP contribution in [0.15, 0.2) is 34.4 Å². The minimum atomic E-state index is -0.833. The second-order valence-corrected chi connectivity index (χ2v) is 21.7. The van der Waals surface area contributed by atoms with Crippen LogP contribution in [0.25, 0.3) is 0 Å². The summed E-state index contributed by atoms with van der Waals surface area (Å²) in [7, 11) is 0. The molecule has 1 unspecified atom stereocenters. The van der Waals surface area contributed by atoms with Crippen molar-refractivity contribution >= 4 is 23.6 Å². The average Bonchev–Trinajstić information content (AvgIpc) is 3.80. The van der Waals surface area contributed by atoms with Gasteiger partial charge in [-0.15, -0.1) is 0 Å². The number of rotatable bonds is 11. The topological polar surface area (TPSA) is 115 Å². The molecule has 8 aliphatic rings. The molecule has 7 aliphatic carbocycles. The summed E-state index contributed by atoms with van der Waals surface area (Å²) in [6.07, 6.45) is 18.3. The fourth-order valence-corrected chi connectivity index (χ4v) is 15.6.